The molecule has 0 aliphatic rings. The first-order chi connectivity index (χ1) is 15.3. The highest BCUT2D eigenvalue weighted by Crippen LogP contribution is 2.32. The number of carbonyl (C=O) groups excluding carboxylic acids is 1. The molecule has 2 aromatic heterocycles. The van der Waals surface area contributed by atoms with E-state index in [9.17, 15) is 31.1 Å². The van der Waals surface area contributed by atoms with Crippen LogP contribution in [0.2, 0.25) is 5.02 Å². The van der Waals surface area contributed by atoms with Crippen LogP contribution in [0.3, 0.4) is 0 Å². The lowest BCUT2D eigenvalue weighted by molar-refractivity contribution is -0.145. The lowest BCUT2D eigenvalue weighted by atomic mass is 10.1. The zero-order chi connectivity index (χ0) is 24.6. The van der Waals surface area contributed by atoms with Gasteiger partial charge < -0.3 is 5.32 Å². The molecule has 0 fully saturated rings. The van der Waals surface area contributed by atoms with E-state index in [1.54, 1.807) is 6.07 Å². The van der Waals surface area contributed by atoms with Crippen molar-refractivity contribution in [2.45, 2.75) is 25.3 Å². The molecule has 0 spiro atoms. The Morgan fingerprint density at radius 3 is 2.39 bits per heavy atom. The lowest BCUT2D eigenvalue weighted by Gasteiger charge is -2.15. The van der Waals surface area contributed by atoms with E-state index in [2.05, 4.69) is 20.4 Å². The third kappa shape index (κ3) is 5.40. The molecule has 33 heavy (non-hydrogen) atoms. The number of hydrogen-bond donors (Lipinski definition) is 1. The predicted molar refractivity (Wildman–Crippen MR) is 101 cm³/mol. The van der Waals surface area contributed by atoms with Crippen LogP contribution in [0.15, 0.2) is 36.5 Å². The van der Waals surface area contributed by atoms with Gasteiger partial charge in [-0.2, -0.15) is 31.6 Å². The summed E-state index contributed by atoms with van der Waals surface area (Å²) < 4.78 is 79.4. The maximum atomic E-state index is 13.2. The van der Waals surface area contributed by atoms with E-state index in [-0.39, 0.29) is 22.2 Å². The minimum absolute atomic E-state index is 0.000707. The Kier molecular flexibility index (Phi) is 6.33. The molecule has 0 aliphatic carbocycles. The molecule has 0 bridgehead atoms. The number of nitrogens with one attached hydrogen (secondary N) is 1. The fraction of sp³-hybridized carbons (Fsp3) is 0.211. The molecule has 7 nitrogen and oxygen atoms in total. The Morgan fingerprint density at radius 2 is 1.85 bits per heavy atom. The second kappa shape index (κ2) is 8.70. The highest BCUT2D eigenvalue weighted by Gasteiger charge is 2.38. The van der Waals surface area contributed by atoms with Gasteiger partial charge >= 0.3 is 12.4 Å². The topological polar surface area (TPSA) is 96.5 Å². The lowest BCUT2D eigenvalue weighted by Crippen LogP contribution is -2.29. The molecule has 0 saturated carbocycles. The van der Waals surface area contributed by atoms with Gasteiger partial charge in [-0.15, -0.1) is 5.10 Å². The van der Waals surface area contributed by atoms with Crippen LogP contribution in [0.5, 0.6) is 0 Å². The molecule has 3 rings (SSSR count). The molecular formula is C19H11ClF6N6O. The first-order valence-corrected chi connectivity index (χ1v) is 9.26. The van der Waals surface area contributed by atoms with Crippen LogP contribution >= 0.6 is 11.6 Å². The Balaban J connectivity index is 1.97. The van der Waals surface area contributed by atoms with Gasteiger partial charge in [0.05, 0.1) is 23.5 Å². The van der Waals surface area contributed by atoms with Crippen molar-refractivity contribution in [1.82, 2.24) is 25.1 Å². The van der Waals surface area contributed by atoms with Crippen molar-refractivity contribution in [3.63, 3.8) is 0 Å². The number of rotatable bonds is 4. The standard InChI is InChI=1S/C19H11ClF6N6O/c1-9(29-16(33)10-4-11(18(21,22)23)6-12(20)5-10)15-30-17(19(24,25)26)31-32(15)14-3-2-13(7-27)28-8-14/h2-6,8-9H,1H3,(H,29,33)/t9-/m0/s1. The summed E-state index contributed by atoms with van der Waals surface area (Å²) in [5.74, 6) is -2.91. The van der Waals surface area contributed by atoms with E-state index in [0.717, 1.165) is 16.9 Å². The van der Waals surface area contributed by atoms with Crippen LogP contribution in [0.25, 0.3) is 5.69 Å². The zero-order valence-electron chi connectivity index (χ0n) is 16.3. The molecule has 0 aliphatic heterocycles. The molecule has 14 heteroatoms. The summed E-state index contributed by atoms with van der Waals surface area (Å²) in [6.45, 7) is 1.27. The number of pyridine rings is 1. The Bertz CT molecular complexity index is 1230. The van der Waals surface area contributed by atoms with Gasteiger partial charge in [0.25, 0.3) is 11.7 Å². The maximum Gasteiger partial charge on any atom is 0.453 e. The molecule has 172 valence electrons. The van der Waals surface area contributed by atoms with Crippen molar-refractivity contribution in [3.8, 4) is 11.8 Å². The van der Waals surface area contributed by atoms with E-state index < -0.39 is 41.3 Å². The van der Waals surface area contributed by atoms with Crippen molar-refractivity contribution in [2.24, 2.45) is 0 Å². The van der Waals surface area contributed by atoms with Crippen molar-refractivity contribution in [2.75, 3.05) is 0 Å². The molecule has 1 amide bonds. The van der Waals surface area contributed by atoms with E-state index in [0.29, 0.717) is 12.1 Å². The number of benzene rings is 1. The molecule has 0 saturated heterocycles. The van der Waals surface area contributed by atoms with Crippen LogP contribution in [-0.4, -0.2) is 25.7 Å². The van der Waals surface area contributed by atoms with Crippen LogP contribution in [0.4, 0.5) is 26.3 Å². The van der Waals surface area contributed by atoms with Crippen LogP contribution in [-0.2, 0) is 12.4 Å². The van der Waals surface area contributed by atoms with E-state index in [1.807, 2.05) is 0 Å². The number of aromatic nitrogens is 4. The van der Waals surface area contributed by atoms with Crippen molar-refractivity contribution >= 4 is 17.5 Å². The van der Waals surface area contributed by atoms with Crippen LogP contribution < -0.4 is 5.32 Å². The van der Waals surface area contributed by atoms with Crippen molar-refractivity contribution < 1.29 is 31.1 Å². The summed E-state index contributed by atoms with van der Waals surface area (Å²) >= 11 is 5.68. The number of alkyl halides is 6. The molecule has 0 radical (unpaired) electrons. The molecule has 1 N–H and O–H groups in total. The summed E-state index contributed by atoms with van der Waals surface area (Å²) in [7, 11) is 0. The third-order valence-corrected chi connectivity index (χ3v) is 4.43. The number of hydrogen-bond acceptors (Lipinski definition) is 5. The van der Waals surface area contributed by atoms with Gasteiger partial charge in [0.2, 0.25) is 0 Å². The molecular weight excluding hydrogens is 478 g/mol. The molecule has 0 unspecified atom stereocenters. The summed E-state index contributed by atoms with van der Waals surface area (Å²) in [6, 6.07) is 5.20. The predicted octanol–water partition coefficient (Wildman–Crippen LogP) is 4.72. The average molecular weight is 489 g/mol. The van der Waals surface area contributed by atoms with Crippen LogP contribution in [0.1, 0.15) is 46.2 Å². The second-order valence-corrected chi connectivity index (χ2v) is 7.07. The minimum atomic E-state index is -4.92. The normalized spacial score (nSPS) is 12.8. The van der Waals surface area contributed by atoms with Gasteiger partial charge in [0.15, 0.2) is 5.82 Å². The number of nitriles is 1. The van der Waals surface area contributed by atoms with Crippen LogP contribution in [0, 0.1) is 11.3 Å². The summed E-state index contributed by atoms with van der Waals surface area (Å²) in [6.07, 6.45) is -8.60. The van der Waals surface area contributed by atoms with Gasteiger partial charge in [-0.1, -0.05) is 11.6 Å². The fourth-order valence-electron chi connectivity index (χ4n) is 2.72. The molecule has 1 aromatic carbocycles. The van der Waals surface area contributed by atoms with Gasteiger partial charge in [0.1, 0.15) is 11.8 Å². The maximum absolute atomic E-state index is 13.2. The average Bonchev–Trinajstić information content (AvgIpc) is 3.19. The summed E-state index contributed by atoms with van der Waals surface area (Å²) in [5, 5.41) is 14.2. The first-order valence-electron chi connectivity index (χ1n) is 8.89. The number of halogens is 7. The largest absolute Gasteiger partial charge is 0.453 e. The smallest absolute Gasteiger partial charge is 0.342 e. The van der Waals surface area contributed by atoms with Gasteiger partial charge in [-0.3, -0.25) is 4.79 Å². The monoisotopic (exact) mass is 488 g/mol. The van der Waals surface area contributed by atoms with Gasteiger partial charge in [0, 0.05) is 10.6 Å². The number of nitrogens with zero attached hydrogens (tertiary/aromatic N) is 5. The number of amides is 1. The third-order valence-electron chi connectivity index (χ3n) is 4.21. The zero-order valence-corrected chi connectivity index (χ0v) is 17.1. The summed E-state index contributed by atoms with van der Waals surface area (Å²) in [5.41, 5.74) is -1.61. The Morgan fingerprint density at radius 1 is 1.15 bits per heavy atom. The van der Waals surface area contributed by atoms with Crippen molar-refractivity contribution in [1.29, 1.82) is 5.26 Å². The minimum Gasteiger partial charge on any atom is -0.342 e. The second-order valence-electron chi connectivity index (χ2n) is 6.64. The van der Waals surface area contributed by atoms with E-state index in [1.165, 1.54) is 19.1 Å². The Labute approximate surface area is 186 Å². The fourth-order valence-corrected chi connectivity index (χ4v) is 2.96. The Hall–Kier alpha value is -3.66. The quantitative estimate of drug-likeness (QED) is 0.536. The summed E-state index contributed by atoms with van der Waals surface area (Å²) in [4.78, 5) is 19.7. The van der Waals surface area contributed by atoms with E-state index >= 15 is 0 Å². The molecule has 1 atom stereocenters. The SMILES string of the molecule is C[C@H](NC(=O)c1cc(Cl)cc(C(F)(F)F)c1)c1nc(C(F)(F)F)nn1-c1ccc(C#N)nc1. The molecule has 3 aromatic rings. The number of carbonyl (C=O) groups is 1. The van der Waals surface area contributed by atoms with Gasteiger partial charge in [-0.25, -0.2) is 14.6 Å². The van der Waals surface area contributed by atoms with Crippen molar-refractivity contribution in [3.05, 3.63) is 70.0 Å². The van der Waals surface area contributed by atoms with E-state index in [4.69, 9.17) is 16.9 Å². The molecule has 2 heterocycles. The highest BCUT2D eigenvalue weighted by atomic mass is 35.5. The van der Waals surface area contributed by atoms with Gasteiger partial charge in [-0.05, 0) is 37.3 Å². The first kappa shape index (κ1) is 24.0. The highest BCUT2D eigenvalue weighted by molar-refractivity contribution is 6.31.